The summed E-state index contributed by atoms with van der Waals surface area (Å²) in [5, 5.41) is 3.04. The van der Waals surface area contributed by atoms with Crippen LogP contribution < -0.4 is 5.32 Å². The first kappa shape index (κ1) is 16.9. The highest BCUT2D eigenvalue weighted by Gasteiger charge is 2.24. The van der Waals surface area contributed by atoms with Gasteiger partial charge in [0.05, 0.1) is 10.6 Å². The number of oxazole rings is 1. The molecule has 0 bridgehead atoms. The Labute approximate surface area is 148 Å². The van der Waals surface area contributed by atoms with E-state index in [9.17, 15) is 9.59 Å². The van der Waals surface area contributed by atoms with Crippen molar-refractivity contribution in [2.24, 2.45) is 0 Å². The summed E-state index contributed by atoms with van der Waals surface area (Å²) in [6.07, 6.45) is 2.00. The van der Waals surface area contributed by atoms with Gasteiger partial charge in [-0.3, -0.25) is 4.79 Å². The third-order valence-corrected chi connectivity index (χ3v) is 3.70. The number of hydrogen-bond acceptors (Lipinski definition) is 6. The van der Waals surface area contributed by atoms with E-state index in [0.717, 1.165) is 0 Å². The minimum absolute atomic E-state index is 0.238. The summed E-state index contributed by atoms with van der Waals surface area (Å²) in [7, 11) is 0. The Hall–Kier alpha value is -2.93. The van der Waals surface area contributed by atoms with Crippen molar-refractivity contribution in [2.45, 2.75) is 19.4 Å². The number of amides is 1. The minimum atomic E-state index is -0.966. The lowest BCUT2D eigenvalue weighted by Crippen LogP contribution is -2.32. The first-order valence-corrected chi connectivity index (χ1v) is 7.92. The number of benzene rings is 1. The number of nitrogens with zero attached hydrogens (tertiary/aromatic N) is 2. The van der Waals surface area contributed by atoms with Crippen LogP contribution in [0.2, 0.25) is 5.02 Å². The summed E-state index contributed by atoms with van der Waals surface area (Å²) < 4.78 is 10.5. The Bertz CT molecular complexity index is 908. The quantitative estimate of drug-likeness (QED) is 0.701. The maximum absolute atomic E-state index is 12.4. The van der Waals surface area contributed by atoms with Crippen LogP contribution in [0.15, 0.2) is 47.3 Å². The smallest absolute Gasteiger partial charge is 0.341 e. The fraction of sp³-hybridized carbons (Fsp3) is 0.176. The van der Waals surface area contributed by atoms with Gasteiger partial charge >= 0.3 is 5.97 Å². The Kier molecular flexibility index (Phi) is 4.95. The summed E-state index contributed by atoms with van der Waals surface area (Å²) in [6, 6.07) is 8.07. The lowest BCUT2D eigenvalue weighted by molar-refractivity contribution is -0.124. The summed E-state index contributed by atoms with van der Waals surface area (Å²) in [4.78, 5) is 32.7. The van der Waals surface area contributed by atoms with Crippen LogP contribution in [-0.2, 0) is 9.53 Å². The van der Waals surface area contributed by atoms with Crippen molar-refractivity contribution in [3.8, 4) is 0 Å². The van der Waals surface area contributed by atoms with Gasteiger partial charge in [-0.25, -0.2) is 14.8 Å². The molecule has 1 atom stereocenters. The molecule has 2 heterocycles. The SMILES string of the molecule is CCC(OC(=O)c1cccc2ocnc12)C(=O)Nc1ccc(Cl)cn1. The zero-order chi connectivity index (χ0) is 17.8. The van der Waals surface area contributed by atoms with E-state index in [2.05, 4.69) is 15.3 Å². The van der Waals surface area contributed by atoms with Crippen LogP contribution in [0.1, 0.15) is 23.7 Å². The number of nitrogens with one attached hydrogen (secondary N) is 1. The molecule has 0 aliphatic heterocycles. The largest absolute Gasteiger partial charge is 0.449 e. The van der Waals surface area contributed by atoms with Gasteiger partial charge in [0.2, 0.25) is 0 Å². The number of carbonyl (C=O) groups is 2. The van der Waals surface area contributed by atoms with E-state index in [1.807, 2.05) is 0 Å². The van der Waals surface area contributed by atoms with Gasteiger partial charge in [-0.05, 0) is 30.7 Å². The van der Waals surface area contributed by atoms with Crippen molar-refractivity contribution in [3.05, 3.63) is 53.5 Å². The number of rotatable bonds is 5. The molecule has 7 nitrogen and oxygen atoms in total. The highest BCUT2D eigenvalue weighted by atomic mass is 35.5. The van der Waals surface area contributed by atoms with Crippen molar-refractivity contribution in [3.63, 3.8) is 0 Å². The summed E-state index contributed by atoms with van der Waals surface area (Å²) in [5.74, 6) is -0.800. The molecule has 0 radical (unpaired) electrons. The molecular weight excluding hydrogens is 346 g/mol. The minimum Gasteiger partial charge on any atom is -0.449 e. The van der Waals surface area contributed by atoms with Gasteiger partial charge in [-0.15, -0.1) is 0 Å². The van der Waals surface area contributed by atoms with E-state index in [1.54, 1.807) is 37.3 Å². The van der Waals surface area contributed by atoms with Gasteiger partial charge < -0.3 is 14.5 Å². The maximum Gasteiger partial charge on any atom is 0.341 e. The molecule has 0 saturated heterocycles. The second-order valence-electron chi connectivity index (χ2n) is 5.16. The van der Waals surface area contributed by atoms with Gasteiger partial charge in [0, 0.05) is 6.20 Å². The molecule has 0 aliphatic rings. The predicted molar refractivity (Wildman–Crippen MR) is 91.4 cm³/mol. The molecule has 128 valence electrons. The second-order valence-corrected chi connectivity index (χ2v) is 5.59. The van der Waals surface area contributed by atoms with Crippen LogP contribution in [0, 0.1) is 0 Å². The van der Waals surface area contributed by atoms with E-state index in [4.69, 9.17) is 20.8 Å². The number of halogens is 1. The molecule has 8 heteroatoms. The molecule has 0 fully saturated rings. The Morgan fingerprint density at radius 3 is 2.84 bits per heavy atom. The number of ether oxygens (including phenoxy) is 1. The van der Waals surface area contributed by atoms with Gasteiger partial charge in [-0.2, -0.15) is 0 Å². The number of carbonyl (C=O) groups excluding carboxylic acids is 2. The highest BCUT2D eigenvalue weighted by Crippen LogP contribution is 2.19. The van der Waals surface area contributed by atoms with E-state index >= 15 is 0 Å². The molecule has 0 aliphatic carbocycles. The van der Waals surface area contributed by atoms with Crippen molar-refractivity contribution in [2.75, 3.05) is 5.32 Å². The van der Waals surface area contributed by atoms with Crippen LogP contribution in [0.4, 0.5) is 5.82 Å². The van der Waals surface area contributed by atoms with E-state index < -0.39 is 18.0 Å². The maximum atomic E-state index is 12.4. The molecular formula is C17H14ClN3O4. The molecule has 1 amide bonds. The average Bonchev–Trinajstić information content (AvgIpc) is 3.10. The normalized spacial score (nSPS) is 11.9. The molecule has 3 aromatic rings. The van der Waals surface area contributed by atoms with Crippen LogP contribution >= 0.6 is 11.6 Å². The van der Waals surface area contributed by atoms with Gasteiger partial charge in [-0.1, -0.05) is 24.6 Å². The monoisotopic (exact) mass is 359 g/mol. The topological polar surface area (TPSA) is 94.3 Å². The summed E-state index contributed by atoms with van der Waals surface area (Å²) in [5.41, 5.74) is 1.10. The van der Waals surface area contributed by atoms with Crippen LogP contribution in [0.25, 0.3) is 11.1 Å². The lowest BCUT2D eigenvalue weighted by Gasteiger charge is -2.15. The molecule has 2 aromatic heterocycles. The molecule has 25 heavy (non-hydrogen) atoms. The van der Waals surface area contributed by atoms with E-state index in [0.29, 0.717) is 28.4 Å². The fourth-order valence-electron chi connectivity index (χ4n) is 2.22. The Morgan fingerprint density at radius 1 is 1.28 bits per heavy atom. The lowest BCUT2D eigenvalue weighted by atomic mass is 10.2. The van der Waals surface area contributed by atoms with Crippen molar-refractivity contribution in [1.29, 1.82) is 0 Å². The zero-order valence-corrected chi connectivity index (χ0v) is 14.0. The van der Waals surface area contributed by atoms with E-state index in [-0.39, 0.29) is 5.56 Å². The summed E-state index contributed by atoms with van der Waals surface area (Å²) in [6.45, 7) is 1.74. The van der Waals surface area contributed by atoms with Crippen LogP contribution in [0.3, 0.4) is 0 Å². The molecule has 1 aromatic carbocycles. The van der Waals surface area contributed by atoms with Crippen LogP contribution in [0.5, 0.6) is 0 Å². The van der Waals surface area contributed by atoms with Crippen molar-refractivity contribution >= 4 is 40.4 Å². The summed E-state index contributed by atoms with van der Waals surface area (Å²) >= 11 is 5.75. The number of pyridine rings is 1. The predicted octanol–water partition coefficient (Wildman–Crippen LogP) is 3.45. The molecule has 1 unspecified atom stereocenters. The first-order chi connectivity index (χ1) is 12.1. The van der Waals surface area contributed by atoms with Crippen LogP contribution in [-0.4, -0.2) is 27.9 Å². The first-order valence-electron chi connectivity index (χ1n) is 7.54. The zero-order valence-electron chi connectivity index (χ0n) is 13.2. The second kappa shape index (κ2) is 7.31. The Morgan fingerprint density at radius 2 is 2.12 bits per heavy atom. The molecule has 1 N–H and O–H groups in total. The number of esters is 1. The molecule has 0 spiro atoms. The highest BCUT2D eigenvalue weighted by molar-refractivity contribution is 6.30. The number of hydrogen-bond donors (Lipinski definition) is 1. The van der Waals surface area contributed by atoms with Crippen molar-refractivity contribution in [1.82, 2.24) is 9.97 Å². The van der Waals surface area contributed by atoms with E-state index in [1.165, 1.54) is 12.6 Å². The third-order valence-electron chi connectivity index (χ3n) is 3.47. The standard InChI is InChI=1S/C17H14ClN3O4/c1-2-12(16(22)21-14-7-6-10(18)8-19-14)25-17(23)11-4-3-5-13-15(11)20-9-24-13/h3-9,12H,2H2,1H3,(H,19,21,22). The molecule has 0 saturated carbocycles. The third kappa shape index (κ3) is 3.77. The fourth-order valence-corrected chi connectivity index (χ4v) is 2.33. The number of fused-ring (bicyclic) bond motifs is 1. The Balaban J connectivity index is 1.72. The van der Waals surface area contributed by atoms with Gasteiger partial charge in [0.25, 0.3) is 5.91 Å². The van der Waals surface area contributed by atoms with Gasteiger partial charge in [0.1, 0.15) is 11.3 Å². The average molecular weight is 360 g/mol. The number of aromatic nitrogens is 2. The van der Waals surface area contributed by atoms with Crippen molar-refractivity contribution < 1.29 is 18.7 Å². The number of anilines is 1. The van der Waals surface area contributed by atoms with Gasteiger partial charge in [0.15, 0.2) is 18.1 Å². The number of para-hydroxylation sites is 1. The molecule has 3 rings (SSSR count).